The number of hydrogen-bond donors (Lipinski definition) is 0. The summed E-state index contributed by atoms with van der Waals surface area (Å²) in [7, 11) is -1.13. The highest BCUT2D eigenvalue weighted by atomic mass is 28.3. The maximum Gasteiger partial charge on any atom is 0.279 e. The zero-order valence-electron chi connectivity index (χ0n) is 8.79. The van der Waals surface area contributed by atoms with Crippen molar-refractivity contribution in [1.82, 2.24) is 4.73 Å². The van der Waals surface area contributed by atoms with Crippen molar-refractivity contribution in [2.75, 3.05) is 19.8 Å². The van der Waals surface area contributed by atoms with Crippen LogP contribution >= 0.6 is 0 Å². The van der Waals surface area contributed by atoms with Gasteiger partial charge in [0.1, 0.15) is 0 Å². The third kappa shape index (κ3) is 3.77. The van der Waals surface area contributed by atoms with Gasteiger partial charge < -0.3 is 9.26 Å². The Labute approximate surface area is 82.8 Å². The summed E-state index contributed by atoms with van der Waals surface area (Å²) in [5, 5.41) is 0. The zero-order chi connectivity index (χ0) is 9.52. The van der Waals surface area contributed by atoms with Crippen LogP contribution in [0.3, 0.4) is 0 Å². The minimum Gasteiger partial charge on any atom is -0.404 e. The van der Waals surface area contributed by atoms with Crippen molar-refractivity contribution in [3.8, 4) is 0 Å². The quantitative estimate of drug-likeness (QED) is 0.613. The minimum absolute atomic E-state index is 0.846. The molecule has 1 heterocycles. The SMILES string of the molecule is CCCON1CCC[SiH]1OCCC. The first-order valence-corrected chi connectivity index (χ1v) is 7.20. The highest BCUT2D eigenvalue weighted by Crippen LogP contribution is 2.16. The molecule has 4 heteroatoms. The van der Waals surface area contributed by atoms with Crippen LogP contribution in [0.4, 0.5) is 0 Å². The van der Waals surface area contributed by atoms with E-state index in [-0.39, 0.29) is 0 Å². The second kappa shape index (κ2) is 6.54. The summed E-state index contributed by atoms with van der Waals surface area (Å²) < 4.78 is 7.94. The van der Waals surface area contributed by atoms with E-state index in [1.807, 2.05) is 0 Å². The van der Waals surface area contributed by atoms with Crippen molar-refractivity contribution in [2.24, 2.45) is 0 Å². The Balaban J connectivity index is 2.18. The first-order chi connectivity index (χ1) is 6.38. The van der Waals surface area contributed by atoms with Crippen LogP contribution in [-0.2, 0) is 9.26 Å². The molecule has 0 aromatic heterocycles. The second-order valence-electron chi connectivity index (χ2n) is 3.44. The summed E-state index contributed by atoms with van der Waals surface area (Å²) in [5.41, 5.74) is 0. The lowest BCUT2D eigenvalue weighted by molar-refractivity contribution is -0.0959. The zero-order valence-corrected chi connectivity index (χ0v) is 9.95. The van der Waals surface area contributed by atoms with Crippen LogP contribution in [0.15, 0.2) is 0 Å². The van der Waals surface area contributed by atoms with E-state index in [1.54, 1.807) is 0 Å². The predicted octanol–water partition coefficient (Wildman–Crippen LogP) is 1.68. The summed E-state index contributed by atoms with van der Waals surface area (Å²) in [6.07, 6.45) is 3.46. The molecule has 1 aliphatic rings. The van der Waals surface area contributed by atoms with Gasteiger partial charge in [-0.1, -0.05) is 13.8 Å². The highest BCUT2D eigenvalue weighted by Gasteiger charge is 2.28. The molecule has 0 spiro atoms. The van der Waals surface area contributed by atoms with E-state index in [0.29, 0.717) is 0 Å². The Morgan fingerprint density at radius 2 is 2.00 bits per heavy atom. The van der Waals surface area contributed by atoms with E-state index in [0.717, 1.165) is 32.6 Å². The lowest BCUT2D eigenvalue weighted by Crippen LogP contribution is -2.36. The standard InChI is InChI=1S/C9H21NO2Si/c1-3-7-11-10-6-5-9-13(10)12-8-4-2/h13H,3-9H2,1-2H3. The fourth-order valence-corrected chi connectivity index (χ4v) is 3.89. The third-order valence-corrected chi connectivity index (χ3v) is 4.70. The Bertz CT molecular complexity index is 121. The molecule has 0 bridgehead atoms. The van der Waals surface area contributed by atoms with Crippen molar-refractivity contribution < 1.29 is 9.26 Å². The van der Waals surface area contributed by atoms with Gasteiger partial charge in [-0.3, -0.25) is 0 Å². The largest absolute Gasteiger partial charge is 0.404 e. The molecule has 0 amide bonds. The monoisotopic (exact) mass is 203 g/mol. The average Bonchev–Trinajstić information content (AvgIpc) is 2.59. The van der Waals surface area contributed by atoms with Crippen LogP contribution in [0.2, 0.25) is 6.04 Å². The molecule has 1 unspecified atom stereocenters. The first-order valence-electron chi connectivity index (χ1n) is 5.39. The molecule has 0 radical (unpaired) electrons. The van der Waals surface area contributed by atoms with E-state index in [1.165, 1.54) is 12.5 Å². The second-order valence-corrected chi connectivity index (χ2v) is 5.84. The summed E-state index contributed by atoms with van der Waals surface area (Å²) in [6, 6.07) is 1.25. The Kier molecular flexibility index (Phi) is 5.62. The predicted molar refractivity (Wildman–Crippen MR) is 55.8 cm³/mol. The summed E-state index contributed by atoms with van der Waals surface area (Å²) in [5.74, 6) is 0. The Hall–Kier alpha value is 0.0969. The fourth-order valence-electron chi connectivity index (χ4n) is 1.49. The Morgan fingerprint density at radius 3 is 2.69 bits per heavy atom. The molecule has 1 rings (SSSR count). The van der Waals surface area contributed by atoms with Gasteiger partial charge in [0.05, 0.1) is 6.61 Å². The van der Waals surface area contributed by atoms with Gasteiger partial charge in [-0.2, -0.15) is 4.73 Å². The number of rotatable bonds is 6. The van der Waals surface area contributed by atoms with Gasteiger partial charge >= 0.3 is 0 Å². The topological polar surface area (TPSA) is 21.7 Å². The van der Waals surface area contributed by atoms with Gasteiger partial charge in [0.2, 0.25) is 0 Å². The maximum atomic E-state index is 5.80. The van der Waals surface area contributed by atoms with Crippen LogP contribution in [-0.4, -0.2) is 33.7 Å². The van der Waals surface area contributed by atoms with Gasteiger partial charge in [0.15, 0.2) is 0 Å². The molecule has 1 fully saturated rings. The molecule has 1 atom stereocenters. The van der Waals surface area contributed by atoms with E-state index in [9.17, 15) is 0 Å². The average molecular weight is 203 g/mol. The Morgan fingerprint density at radius 1 is 1.23 bits per heavy atom. The molecule has 0 aliphatic carbocycles. The van der Waals surface area contributed by atoms with Gasteiger partial charge in [-0.15, -0.1) is 0 Å². The van der Waals surface area contributed by atoms with Gasteiger partial charge in [0.25, 0.3) is 9.20 Å². The molecule has 0 N–H and O–H groups in total. The molecule has 1 aliphatic heterocycles. The van der Waals surface area contributed by atoms with E-state index >= 15 is 0 Å². The van der Waals surface area contributed by atoms with Gasteiger partial charge in [0, 0.05) is 13.2 Å². The molecule has 13 heavy (non-hydrogen) atoms. The molecule has 0 aromatic carbocycles. The smallest absolute Gasteiger partial charge is 0.279 e. The normalized spacial score (nSPS) is 24.0. The molecular formula is C9H21NO2Si. The third-order valence-electron chi connectivity index (χ3n) is 2.13. The van der Waals surface area contributed by atoms with E-state index < -0.39 is 9.20 Å². The molecule has 1 saturated heterocycles. The van der Waals surface area contributed by atoms with Gasteiger partial charge in [-0.05, 0) is 25.3 Å². The number of hydroxylamine groups is 1. The van der Waals surface area contributed by atoms with E-state index in [4.69, 9.17) is 9.26 Å². The molecule has 0 aromatic rings. The summed E-state index contributed by atoms with van der Waals surface area (Å²) in [6.45, 7) is 7.13. The van der Waals surface area contributed by atoms with Crippen LogP contribution in [0.1, 0.15) is 33.1 Å². The molecule has 78 valence electrons. The minimum atomic E-state index is -1.13. The van der Waals surface area contributed by atoms with Crippen molar-refractivity contribution in [2.45, 2.75) is 39.2 Å². The molecule has 3 nitrogen and oxygen atoms in total. The van der Waals surface area contributed by atoms with E-state index in [2.05, 4.69) is 18.6 Å². The lowest BCUT2D eigenvalue weighted by atomic mass is 10.5. The van der Waals surface area contributed by atoms with Crippen molar-refractivity contribution >= 4 is 9.20 Å². The first kappa shape index (κ1) is 11.2. The number of hydrogen-bond acceptors (Lipinski definition) is 3. The van der Waals surface area contributed by atoms with Crippen LogP contribution in [0.25, 0.3) is 0 Å². The van der Waals surface area contributed by atoms with Crippen molar-refractivity contribution in [3.05, 3.63) is 0 Å². The van der Waals surface area contributed by atoms with Crippen LogP contribution in [0.5, 0.6) is 0 Å². The fraction of sp³-hybridized carbons (Fsp3) is 1.00. The lowest BCUT2D eigenvalue weighted by Gasteiger charge is -2.22. The van der Waals surface area contributed by atoms with Crippen LogP contribution < -0.4 is 0 Å². The summed E-state index contributed by atoms with van der Waals surface area (Å²) >= 11 is 0. The number of nitrogens with zero attached hydrogens (tertiary/aromatic N) is 1. The summed E-state index contributed by atoms with van der Waals surface area (Å²) in [4.78, 5) is 5.63. The van der Waals surface area contributed by atoms with Crippen LogP contribution in [0, 0.1) is 0 Å². The van der Waals surface area contributed by atoms with Gasteiger partial charge in [-0.25, -0.2) is 0 Å². The van der Waals surface area contributed by atoms with Crippen molar-refractivity contribution in [1.29, 1.82) is 0 Å². The molecular weight excluding hydrogens is 182 g/mol. The van der Waals surface area contributed by atoms with Crippen molar-refractivity contribution in [3.63, 3.8) is 0 Å². The maximum absolute atomic E-state index is 5.80. The highest BCUT2D eigenvalue weighted by molar-refractivity contribution is 6.49. The molecule has 0 saturated carbocycles.